The number of nitrogens with zero attached hydrogens (tertiary/aromatic N) is 1. The van der Waals surface area contributed by atoms with Gasteiger partial charge in [-0.25, -0.2) is 4.98 Å². The second kappa shape index (κ2) is 7.93. The van der Waals surface area contributed by atoms with Gasteiger partial charge in [0.1, 0.15) is 5.01 Å². The van der Waals surface area contributed by atoms with Crippen molar-refractivity contribution in [3.63, 3.8) is 0 Å². The van der Waals surface area contributed by atoms with Gasteiger partial charge < -0.3 is 10.6 Å². The second-order valence-corrected chi connectivity index (χ2v) is 6.80. The Hall–Kier alpha value is -2.99. The zero-order valence-electron chi connectivity index (χ0n) is 14.6. The molecule has 2 amide bonds. The number of rotatable bonds is 5. The Labute approximate surface area is 156 Å². The van der Waals surface area contributed by atoms with E-state index in [1.807, 2.05) is 60.8 Å². The van der Waals surface area contributed by atoms with Gasteiger partial charge in [0.25, 0.3) is 0 Å². The number of aryl methyl sites for hydroxylation is 1. The van der Waals surface area contributed by atoms with Gasteiger partial charge in [-0.2, -0.15) is 0 Å². The van der Waals surface area contributed by atoms with Gasteiger partial charge in [0, 0.05) is 29.2 Å². The van der Waals surface area contributed by atoms with Crippen molar-refractivity contribution in [3.05, 3.63) is 65.2 Å². The van der Waals surface area contributed by atoms with Gasteiger partial charge in [0.15, 0.2) is 0 Å². The molecule has 0 aliphatic heterocycles. The molecule has 0 aliphatic rings. The van der Waals surface area contributed by atoms with E-state index in [2.05, 4.69) is 15.6 Å². The molecule has 1 heterocycles. The molecule has 0 fully saturated rings. The van der Waals surface area contributed by atoms with Crippen molar-refractivity contribution in [3.8, 4) is 10.6 Å². The number of carbonyl (C=O) groups excluding carboxylic acids is 2. The number of benzene rings is 2. The topological polar surface area (TPSA) is 71.1 Å². The highest BCUT2D eigenvalue weighted by Crippen LogP contribution is 2.26. The minimum absolute atomic E-state index is 0.0943. The number of anilines is 2. The Morgan fingerprint density at radius 2 is 1.88 bits per heavy atom. The average Bonchev–Trinajstić information content (AvgIpc) is 3.05. The van der Waals surface area contributed by atoms with Gasteiger partial charge >= 0.3 is 0 Å². The van der Waals surface area contributed by atoms with E-state index >= 15 is 0 Å². The van der Waals surface area contributed by atoms with Gasteiger partial charge in [0.2, 0.25) is 11.8 Å². The summed E-state index contributed by atoms with van der Waals surface area (Å²) < 4.78 is 0. The standard InChI is InChI=1S/C20H19N3O2S/c1-13-6-3-4-9-18(13)23-19(25)11-17-12-26-20(22-17)15-7-5-8-16(10-15)21-14(2)24/h3-10,12H,11H2,1-2H3,(H,21,24)(H,23,25). The van der Waals surface area contributed by atoms with Gasteiger partial charge in [-0.05, 0) is 30.7 Å². The van der Waals surface area contributed by atoms with E-state index in [9.17, 15) is 9.59 Å². The summed E-state index contributed by atoms with van der Waals surface area (Å²) in [5.41, 5.74) is 4.20. The number of hydrogen-bond donors (Lipinski definition) is 2. The molecule has 0 bridgehead atoms. The molecule has 26 heavy (non-hydrogen) atoms. The molecule has 3 aromatic rings. The molecule has 5 nitrogen and oxygen atoms in total. The molecule has 132 valence electrons. The summed E-state index contributed by atoms with van der Waals surface area (Å²) in [6.07, 6.45) is 0.218. The molecule has 2 aromatic carbocycles. The van der Waals surface area contributed by atoms with Crippen molar-refractivity contribution in [1.82, 2.24) is 4.98 Å². The van der Waals surface area contributed by atoms with Gasteiger partial charge in [0.05, 0.1) is 12.1 Å². The van der Waals surface area contributed by atoms with Gasteiger partial charge in [-0.15, -0.1) is 11.3 Å². The molecule has 0 unspecified atom stereocenters. The summed E-state index contributed by atoms with van der Waals surface area (Å²) >= 11 is 1.48. The quantitative estimate of drug-likeness (QED) is 0.710. The van der Waals surface area contributed by atoms with E-state index in [1.54, 1.807) is 0 Å². The van der Waals surface area contributed by atoms with Crippen LogP contribution in [0.25, 0.3) is 10.6 Å². The summed E-state index contributed by atoms with van der Waals surface area (Å²) in [4.78, 5) is 28.0. The van der Waals surface area contributed by atoms with Crippen LogP contribution in [0.15, 0.2) is 53.9 Å². The van der Waals surface area contributed by atoms with Crippen molar-refractivity contribution in [1.29, 1.82) is 0 Å². The van der Waals surface area contributed by atoms with Crippen molar-refractivity contribution in [2.75, 3.05) is 10.6 Å². The Morgan fingerprint density at radius 3 is 2.65 bits per heavy atom. The van der Waals surface area contributed by atoms with Crippen LogP contribution in [0, 0.1) is 6.92 Å². The van der Waals surface area contributed by atoms with Gasteiger partial charge in [-0.1, -0.05) is 30.3 Å². The highest BCUT2D eigenvalue weighted by Gasteiger charge is 2.11. The lowest BCUT2D eigenvalue weighted by atomic mass is 10.2. The molecular weight excluding hydrogens is 346 g/mol. The number of carbonyl (C=O) groups is 2. The van der Waals surface area contributed by atoms with Crippen LogP contribution >= 0.6 is 11.3 Å². The molecule has 0 atom stereocenters. The fourth-order valence-corrected chi connectivity index (χ4v) is 3.34. The highest BCUT2D eigenvalue weighted by atomic mass is 32.1. The summed E-state index contributed by atoms with van der Waals surface area (Å²) in [6.45, 7) is 3.43. The lowest BCUT2D eigenvalue weighted by molar-refractivity contribution is -0.116. The van der Waals surface area contributed by atoms with Crippen LogP contribution in [-0.4, -0.2) is 16.8 Å². The van der Waals surface area contributed by atoms with Crippen LogP contribution in [-0.2, 0) is 16.0 Å². The van der Waals surface area contributed by atoms with E-state index < -0.39 is 0 Å². The molecule has 2 N–H and O–H groups in total. The zero-order valence-corrected chi connectivity index (χ0v) is 15.4. The summed E-state index contributed by atoms with van der Waals surface area (Å²) in [7, 11) is 0. The maximum Gasteiger partial charge on any atom is 0.230 e. The third kappa shape index (κ3) is 4.55. The third-order valence-electron chi connectivity index (χ3n) is 3.74. The molecule has 0 saturated carbocycles. The molecular formula is C20H19N3O2S. The smallest absolute Gasteiger partial charge is 0.230 e. The summed E-state index contributed by atoms with van der Waals surface area (Å²) in [5, 5.41) is 8.38. The monoisotopic (exact) mass is 365 g/mol. The minimum Gasteiger partial charge on any atom is -0.326 e. The highest BCUT2D eigenvalue weighted by molar-refractivity contribution is 7.13. The number of nitrogens with one attached hydrogen (secondary N) is 2. The molecule has 0 aliphatic carbocycles. The molecule has 6 heteroatoms. The second-order valence-electron chi connectivity index (χ2n) is 5.95. The first kappa shape index (κ1) is 17.8. The van der Waals surface area contributed by atoms with Crippen LogP contribution in [0.1, 0.15) is 18.2 Å². The molecule has 3 rings (SSSR count). The average molecular weight is 365 g/mol. The first-order valence-electron chi connectivity index (χ1n) is 8.19. The van der Waals surface area contributed by atoms with E-state index in [4.69, 9.17) is 0 Å². The fraction of sp³-hybridized carbons (Fsp3) is 0.150. The van der Waals surface area contributed by atoms with E-state index in [0.29, 0.717) is 0 Å². The van der Waals surface area contributed by atoms with Crippen LogP contribution in [0.2, 0.25) is 0 Å². The predicted molar refractivity (Wildman–Crippen MR) is 105 cm³/mol. The van der Waals surface area contributed by atoms with Crippen LogP contribution in [0.4, 0.5) is 11.4 Å². The van der Waals surface area contributed by atoms with E-state index in [1.165, 1.54) is 18.3 Å². The third-order valence-corrected chi connectivity index (χ3v) is 4.68. The van der Waals surface area contributed by atoms with Crippen molar-refractivity contribution in [2.24, 2.45) is 0 Å². The normalized spacial score (nSPS) is 10.4. The van der Waals surface area contributed by atoms with Crippen molar-refractivity contribution >= 4 is 34.5 Å². The Kier molecular flexibility index (Phi) is 5.43. The first-order valence-corrected chi connectivity index (χ1v) is 9.07. The van der Waals surface area contributed by atoms with E-state index in [0.717, 1.165) is 33.2 Å². The Morgan fingerprint density at radius 1 is 1.08 bits per heavy atom. The molecule has 1 aromatic heterocycles. The SMILES string of the molecule is CC(=O)Nc1cccc(-c2nc(CC(=O)Nc3ccccc3C)cs2)c1. The minimum atomic E-state index is -0.116. The number of para-hydroxylation sites is 1. The van der Waals surface area contributed by atoms with Crippen LogP contribution in [0.5, 0.6) is 0 Å². The molecule has 0 saturated heterocycles. The summed E-state index contributed by atoms with van der Waals surface area (Å²) in [5.74, 6) is -0.210. The van der Waals surface area contributed by atoms with Gasteiger partial charge in [-0.3, -0.25) is 9.59 Å². The lowest BCUT2D eigenvalue weighted by Gasteiger charge is -2.07. The summed E-state index contributed by atoms with van der Waals surface area (Å²) in [6, 6.07) is 15.2. The maximum absolute atomic E-state index is 12.3. The predicted octanol–water partition coefficient (Wildman–Crippen LogP) is 4.26. The molecule has 0 spiro atoms. The van der Waals surface area contributed by atoms with Crippen molar-refractivity contribution < 1.29 is 9.59 Å². The Balaban J connectivity index is 1.69. The van der Waals surface area contributed by atoms with Crippen LogP contribution in [0.3, 0.4) is 0 Å². The van der Waals surface area contributed by atoms with E-state index in [-0.39, 0.29) is 18.2 Å². The maximum atomic E-state index is 12.3. The molecule has 0 radical (unpaired) electrons. The first-order chi connectivity index (χ1) is 12.5. The fourth-order valence-electron chi connectivity index (χ4n) is 2.53. The van der Waals surface area contributed by atoms with Crippen molar-refractivity contribution in [2.45, 2.75) is 20.3 Å². The lowest BCUT2D eigenvalue weighted by Crippen LogP contribution is -2.15. The number of thiazole rings is 1. The Bertz CT molecular complexity index is 949. The zero-order chi connectivity index (χ0) is 18.5. The number of hydrogen-bond acceptors (Lipinski definition) is 4. The number of amides is 2. The van der Waals surface area contributed by atoms with Crippen LogP contribution < -0.4 is 10.6 Å². The largest absolute Gasteiger partial charge is 0.326 e. The number of aromatic nitrogens is 1.